The van der Waals surface area contributed by atoms with Gasteiger partial charge in [0.1, 0.15) is 0 Å². The maximum Gasteiger partial charge on any atom is 0.390 e. The monoisotopic (exact) mass is 267 g/mol. The predicted octanol–water partition coefficient (Wildman–Crippen LogP) is 1.16. The molecule has 0 atom stereocenters. The maximum atomic E-state index is 12.1. The molecule has 1 rings (SSSR count). The molecular weight excluding hydrogens is 255 g/mol. The van der Waals surface area contributed by atoms with Crippen LogP contribution >= 0.6 is 0 Å². The van der Waals surface area contributed by atoms with Crippen LogP contribution in [0, 0.1) is 0 Å². The summed E-state index contributed by atoms with van der Waals surface area (Å²) in [5.41, 5.74) is 0.0233. The number of nitrogens with zero attached hydrogens (tertiary/aromatic N) is 3. The second kappa shape index (κ2) is 5.80. The van der Waals surface area contributed by atoms with E-state index in [1.807, 2.05) is 0 Å². The Balaban J connectivity index is 2.91. The molecule has 0 fully saturated rings. The second-order valence-electron chi connectivity index (χ2n) is 3.40. The Morgan fingerprint density at radius 2 is 2.06 bits per heavy atom. The van der Waals surface area contributed by atoms with E-state index in [-0.39, 0.29) is 18.0 Å². The van der Waals surface area contributed by atoms with E-state index in [9.17, 15) is 18.0 Å². The van der Waals surface area contributed by atoms with Crippen LogP contribution in [-0.2, 0) is 22.6 Å². The van der Waals surface area contributed by atoms with Crippen molar-refractivity contribution in [1.29, 1.82) is 0 Å². The first-order valence-electron chi connectivity index (χ1n) is 4.95. The molecule has 18 heavy (non-hydrogen) atoms. The number of rotatable bonds is 5. The van der Waals surface area contributed by atoms with Gasteiger partial charge in [0.15, 0.2) is 5.69 Å². The Labute approximate surface area is 101 Å². The van der Waals surface area contributed by atoms with Gasteiger partial charge in [0.2, 0.25) is 0 Å². The van der Waals surface area contributed by atoms with Crippen molar-refractivity contribution in [2.75, 3.05) is 14.2 Å². The number of halogens is 3. The van der Waals surface area contributed by atoms with Crippen LogP contribution < -0.4 is 0 Å². The summed E-state index contributed by atoms with van der Waals surface area (Å²) in [5, 5.41) is 6.99. The van der Waals surface area contributed by atoms with E-state index in [0.29, 0.717) is 0 Å². The van der Waals surface area contributed by atoms with Gasteiger partial charge in [-0.25, -0.2) is 9.48 Å². The summed E-state index contributed by atoms with van der Waals surface area (Å²) in [6.45, 7) is -0.499. The van der Waals surface area contributed by atoms with E-state index < -0.39 is 25.1 Å². The van der Waals surface area contributed by atoms with Gasteiger partial charge in [-0.15, -0.1) is 5.10 Å². The summed E-state index contributed by atoms with van der Waals surface area (Å²) < 4.78 is 46.6. The van der Waals surface area contributed by atoms with Crippen molar-refractivity contribution >= 4 is 5.97 Å². The molecule has 1 heterocycles. The number of hydrogen-bond acceptors (Lipinski definition) is 5. The van der Waals surface area contributed by atoms with Crippen LogP contribution in [0.3, 0.4) is 0 Å². The van der Waals surface area contributed by atoms with E-state index in [4.69, 9.17) is 4.74 Å². The normalized spacial score (nSPS) is 11.6. The number of ether oxygens (including phenoxy) is 2. The average Bonchev–Trinajstić information content (AvgIpc) is 2.68. The fraction of sp³-hybridized carbons (Fsp3) is 0.667. The van der Waals surface area contributed by atoms with Crippen LogP contribution in [0.4, 0.5) is 13.2 Å². The Bertz CT molecular complexity index is 417. The SMILES string of the molecule is COCc1c(C(=O)OC)nnn1CCC(F)(F)F. The van der Waals surface area contributed by atoms with Crippen molar-refractivity contribution in [3.63, 3.8) is 0 Å². The zero-order chi connectivity index (χ0) is 13.8. The topological polar surface area (TPSA) is 66.2 Å². The molecule has 6 nitrogen and oxygen atoms in total. The number of hydrogen-bond donors (Lipinski definition) is 0. The summed E-state index contributed by atoms with van der Waals surface area (Å²) in [6.07, 6.45) is -5.37. The zero-order valence-corrected chi connectivity index (χ0v) is 9.82. The molecule has 0 saturated heterocycles. The minimum atomic E-state index is -4.30. The van der Waals surface area contributed by atoms with Gasteiger partial charge < -0.3 is 9.47 Å². The molecule has 102 valence electrons. The van der Waals surface area contributed by atoms with Gasteiger partial charge in [-0.3, -0.25) is 0 Å². The Kier molecular flexibility index (Phi) is 4.65. The van der Waals surface area contributed by atoms with E-state index in [1.54, 1.807) is 0 Å². The third-order valence-electron chi connectivity index (χ3n) is 2.10. The number of methoxy groups -OCH3 is 2. The molecule has 0 aliphatic carbocycles. The summed E-state index contributed by atoms with van der Waals surface area (Å²) in [7, 11) is 2.50. The molecule has 0 radical (unpaired) electrons. The fourth-order valence-electron chi connectivity index (χ4n) is 1.28. The summed E-state index contributed by atoms with van der Waals surface area (Å²) in [5.74, 6) is -0.764. The predicted molar refractivity (Wildman–Crippen MR) is 52.7 cm³/mol. The van der Waals surface area contributed by atoms with Gasteiger partial charge >= 0.3 is 12.1 Å². The van der Waals surface area contributed by atoms with Crippen LogP contribution in [0.15, 0.2) is 0 Å². The van der Waals surface area contributed by atoms with E-state index in [1.165, 1.54) is 7.11 Å². The van der Waals surface area contributed by atoms with Crippen molar-refractivity contribution in [3.05, 3.63) is 11.4 Å². The lowest BCUT2D eigenvalue weighted by Gasteiger charge is -2.08. The molecule has 0 aliphatic heterocycles. The average molecular weight is 267 g/mol. The first-order valence-corrected chi connectivity index (χ1v) is 4.95. The van der Waals surface area contributed by atoms with Crippen LogP contribution in [0.5, 0.6) is 0 Å². The highest BCUT2D eigenvalue weighted by Gasteiger charge is 2.28. The lowest BCUT2D eigenvalue weighted by Crippen LogP contribution is -2.16. The minimum Gasteiger partial charge on any atom is -0.464 e. The smallest absolute Gasteiger partial charge is 0.390 e. The molecule has 0 bridgehead atoms. The molecular formula is C9H12F3N3O3. The van der Waals surface area contributed by atoms with Crippen LogP contribution in [-0.4, -0.2) is 41.4 Å². The van der Waals surface area contributed by atoms with Gasteiger partial charge in [-0.05, 0) is 0 Å². The standard InChI is InChI=1S/C9H12F3N3O3/c1-17-5-6-7(8(16)18-2)13-14-15(6)4-3-9(10,11)12/h3-5H2,1-2H3. The van der Waals surface area contributed by atoms with Crippen molar-refractivity contribution in [3.8, 4) is 0 Å². The lowest BCUT2D eigenvalue weighted by atomic mass is 10.3. The fourth-order valence-corrected chi connectivity index (χ4v) is 1.28. The van der Waals surface area contributed by atoms with Crippen molar-refractivity contribution in [2.45, 2.75) is 25.7 Å². The van der Waals surface area contributed by atoms with Gasteiger partial charge in [0.05, 0.1) is 32.4 Å². The molecule has 0 aromatic carbocycles. The number of carbonyl (C=O) groups excluding carboxylic acids is 1. The molecule has 0 aliphatic rings. The van der Waals surface area contributed by atoms with Gasteiger partial charge in [-0.1, -0.05) is 5.21 Å². The quantitative estimate of drug-likeness (QED) is 0.749. The summed E-state index contributed by atoms with van der Waals surface area (Å²) in [6, 6.07) is 0. The van der Waals surface area contributed by atoms with Gasteiger partial charge in [0, 0.05) is 7.11 Å². The van der Waals surface area contributed by atoms with Crippen molar-refractivity contribution < 1.29 is 27.4 Å². The van der Waals surface area contributed by atoms with Crippen LogP contribution in [0.2, 0.25) is 0 Å². The summed E-state index contributed by atoms with van der Waals surface area (Å²) in [4.78, 5) is 11.3. The Morgan fingerprint density at radius 3 is 2.56 bits per heavy atom. The molecule has 1 aromatic rings. The maximum absolute atomic E-state index is 12.1. The van der Waals surface area contributed by atoms with E-state index >= 15 is 0 Å². The molecule has 0 saturated carbocycles. The highest BCUT2D eigenvalue weighted by Crippen LogP contribution is 2.21. The molecule has 9 heteroatoms. The molecule has 0 N–H and O–H groups in total. The Morgan fingerprint density at radius 1 is 1.39 bits per heavy atom. The van der Waals surface area contributed by atoms with E-state index in [2.05, 4.69) is 15.0 Å². The van der Waals surface area contributed by atoms with Gasteiger partial charge in [-0.2, -0.15) is 13.2 Å². The zero-order valence-electron chi connectivity index (χ0n) is 9.82. The first-order chi connectivity index (χ1) is 8.39. The number of alkyl halides is 3. The van der Waals surface area contributed by atoms with Gasteiger partial charge in [0.25, 0.3) is 0 Å². The Hall–Kier alpha value is -1.64. The number of carbonyl (C=O) groups is 1. The minimum absolute atomic E-state index is 0.0741. The van der Waals surface area contributed by atoms with Crippen molar-refractivity contribution in [1.82, 2.24) is 15.0 Å². The first kappa shape index (κ1) is 14.4. The van der Waals surface area contributed by atoms with Crippen LogP contribution in [0.25, 0.3) is 0 Å². The molecule has 0 unspecified atom stereocenters. The van der Waals surface area contributed by atoms with Crippen LogP contribution in [0.1, 0.15) is 22.6 Å². The largest absolute Gasteiger partial charge is 0.464 e. The number of aryl methyl sites for hydroxylation is 1. The third-order valence-corrected chi connectivity index (χ3v) is 2.10. The lowest BCUT2D eigenvalue weighted by molar-refractivity contribution is -0.137. The van der Waals surface area contributed by atoms with Crippen molar-refractivity contribution in [2.24, 2.45) is 0 Å². The molecule has 0 spiro atoms. The van der Waals surface area contributed by atoms with E-state index in [0.717, 1.165) is 11.8 Å². The number of esters is 1. The molecule has 0 amide bonds. The highest BCUT2D eigenvalue weighted by molar-refractivity contribution is 5.88. The molecule has 1 aromatic heterocycles. The highest BCUT2D eigenvalue weighted by atomic mass is 19.4. The summed E-state index contributed by atoms with van der Waals surface area (Å²) >= 11 is 0. The number of aromatic nitrogens is 3. The second-order valence-corrected chi connectivity index (χ2v) is 3.40. The third kappa shape index (κ3) is 3.69.